The first-order chi connectivity index (χ1) is 5.80. The second kappa shape index (κ2) is 4.30. The van der Waals surface area contributed by atoms with Gasteiger partial charge in [-0.25, -0.2) is 0 Å². The Hall–Kier alpha value is -0.780. The van der Waals surface area contributed by atoms with Gasteiger partial charge in [0.25, 0.3) is 0 Å². The highest BCUT2D eigenvalue weighted by Gasteiger charge is 1.97. The van der Waals surface area contributed by atoms with Gasteiger partial charge in [0.2, 0.25) is 0 Å². The summed E-state index contributed by atoms with van der Waals surface area (Å²) in [7, 11) is 0. The van der Waals surface area contributed by atoms with Crippen LogP contribution >= 0.6 is 0 Å². The van der Waals surface area contributed by atoms with Gasteiger partial charge < -0.3 is 0 Å². The molecule has 0 aliphatic rings. The van der Waals surface area contributed by atoms with Gasteiger partial charge in [0.15, 0.2) is 0 Å². The molecule has 0 atom stereocenters. The molecule has 0 aromatic heterocycles. The molecule has 0 aliphatic heterocycles. The molecule has 0 heteroatoms. The zero-order valence-electron chi connectivity index (χ0n) is 8.28. The third-order valence-electron chi connectivity index (χ3n) is 2.21. The Bertz CT molecular complexity index is 193. The second-order valence-corrected chi connectivity index (χ2v) is 3.10. The van der Waals surface area contributed by atoms with Gasteiger partial charge in [0.05, 0.1) is 0 Å². The van der Waals surface area contributed by atoms with E-state index in [0.717, 1.165) is 19.3 Å². The van der Waals surface area contributed by atoms with E-state index in [2.05, 4.69) is 39.0 Å². The molecule has 12 heavy (non-hydrogen) atoms. The average molecular weight is 161 g/mol. The summed E-state index contributed by atoms with van der Waals surface area (Å²) in [6.07, 6.45) is 3.33. The number of benzene rings is 1. The molecule has 0 heterocycles. The van der Waals surface area contributed by atoms with Crippen molar-refractivity contribution in [2.45, 2.75) is 40.0 Å². The minimum Gasteiger partial charge on any atom is -0.0613 e. The van der Waals surface area contributed by atoms with Crippen LogP contribution < -0.4 is 0 Å². The van der Waals surface area contributed by atoms with Crippen LogP contribution in [0.25, 0.3) is 0 Å². The SMILES string of the molecule is CCc1[c]c(CC)cc(CC)c1. The highest BCUT2D eigenvalue weighted by atomic mass is 14.0. The monoisotopic (exact) mass is 161 g/mol. The van der Waals surface area contributed by atoms with Crippen molar-refractivity contribution < 1.29 is 0 Å². The fourth-order valence-corrected chi connectivity index (χ4v) is 1.35. The third kappa shape index (κ3) is 2.10. The predicted octanol–water partition coefficient (Wildman–Crippen LogP) is 3.17. The summed E-state index contributed by atoms with van der Waals surface area (Å²) in [5, 5.41) is 0. The molecule has 0 aliphatic carbocycles. The van der Waals surface area contributed by atoms with Crippen LogP contribution in [-0.2, 0) is 19.3 Å². The summed E-state index contributed by atoms with van der Waals surface area (Å²) in [6.45, 7) is 6.57. The molecular formula is C12H17. The smallest absolute Gasteiger partial charge is 0.0114 e. The van der Waals surface area contributed by atoms with E-state index in [-0.39, 0.29) is 0 Å². The van der Waals surface area contributed by atoms with Gasteiger partial charge in [-0.2, -0.15) is 0 Å². The summed E-state index contributed by atoms with van der Waals surface area (Å²) >= 11 is 0. The lowest BCUT2D eigenvalue weighted by atomic mass is 10.0. The van der Waals surface area contributed by atoms with Crippen molar-refractivity contribution in [1.29, 1.82) is 0 Å². The minimum atomic E-state index is 1.10. The van der Waals surface area contributed by atoms with E-state index >= 15 is 0 Å². The van der Waals surface area contributed by atoms with Crippen molar-refractivity contribution >= 4 is 0 Å². The molecule has 0 amide bonds. The zero-order chi connectivity index (χ0) is 8.97. The van der Waals surface area contributed by atoms with Gasteiger partial charge in [0.1, 0.15) is 0 Å². The van der Waals surface area contributed by atoms with Crippen molar-refractivity contribution in [2.24, 2.45) is 0 Å². The van der Waals surface area contributed by atoms with Gasteiger partial charge in [-0.3, -0.25) is 0 Å². The first kappa shape index (κ1) is 9.31. The van der Waals surface area contributed by atoms with Gasteiger partial charge in [-0.1, -0.05) is 32.9 Å². The second-order valence-electron chi connectivity index (χ2n) is 3.10. The van der Waals surface area contributed by atoms with Crippen molar-refractivity contribution in [1.82, 2.24) is 0 Å². The fraction of sp³-hybridized carbons (Fsp3) is 0.500. The number of hydrogen-bond acceptors (Lipinski definition) is 0. The lowest BCUT2D eigenvalue weighted by molar-refractivity contribution is 1.04. The Labute approximate surface area is 75.6 Å². The van der Waals surface area contributed by atoms with Crippen LogP contribution in [0.15, 0.2) is 12.1 Å². The van der Waals surface area contributed by atoms with E-state index in [1.54, 1.807) is 0 Å². The van der Waals surface area contributed by atoms with E-state index in [1.165, 1.54) is 16.7 Å². The van der Waals surface area contributed by atoms with Crippen molar-refractivity contribution in [3.63, 3.8) is 0 Å². The molecule has 1 aromatic carbocycles. The Balaban J connectivity index is 3.01. The molecule has 0 nitrogen and oxygen atoms in total. The molecule has 65 valence electrons. The van der Waals surface area contributed by atoms with E-state index < -0.39 is 0 Å². The number of rotatable bonds is 3. The Kier molecular flexibility index (Phi) is 3.33. The van der Waals surface area contributed by atoms with Gasteiger partial charge >= 0.3 is 0 Å². The number of aryl methyl sites for hydroxylation is 3. The van der Waals surface area contributed by atoms with Crippen LogP contribution in [0.4, 0.5) is 0 Å². The van der Waals surface area contributed by atoms with Gasteiger partial charge in [0, 0.05) is 0 Å². The molecule has 0 saturated carbocycles. The molecule has 0 unspecified atom stereocenters. The summed E-state index contributed by atoms with van der Waals surface area (Å²) in [4.78, 5) is 0. The maximum atomic E-state index is 3.42. The van der Waals surface area contributed by atoms with Crippen LogP contribution in [-0.4, -0.2) is 0 Å². The standard InChI is InChI=1S/C12H17/c1-4-10-7-11(5-2)9-12(6-3)8-10/h7-8H,4-6H2,1-3H3. The number of hydrogen-bond donors (Lipinski definition) is 0. The third-order valence-corrected chi connectivity index (χ3v) is 2.21. The van der Waals surface area contributed by atoms with Crippen molar-refractivity contribution in [3.05, 3.63) is 34.9 Å². The van der Waals surface area contributed by atoms with Crippen LogP contribution in [0.1, 0.15) is 37.5 Å². The van der Waals surface area contributed by atoms with Crippen LogP contribution in [0, 0.1) is 6.07 Å². The fourth-order valence-electron chi connectivity index (χ4n) is 1.35. The van der Waals surface area contributed by atoms with Crippen LogP contribution in [0.5, 0.6) is 0 Å². The predicted molar refractivity (Wildman–Crippen MR) is 53.4 cm³/mol. The van der Waals surface area contributed by atoms with Gasteiger partial charge in [-0.15, -0.1) is 0 Å². The summed E-state index contributed by atoms with van der Waals surface area (Å²) in [6, 6.07) is 7.94. The highest BCUT2D eigenvalue weighted by molar-refractivity contribution is 5.28. The lowest BCUT2D eigenvalue weighted by Gasteiger charge is -2.04. The molecule has 0 N–H and O–H groups in total. The summed E-state index contributed by atoms with van der Waals surface area (Å²) < 4.78 is 0. The zero-order valence-corrected chi connectivity index (χ0v) is 8.28. The minimum absolute atomic E-state index is 1.10. The first-order valence-electron chi connectivity index (χ1n) is 4.84. The maximum absolute atomic E-state index is 3.42. The quantitative estimate of drug-likeness (QED) is 0.638. The average Bonchev–Trinajstić information content (AvgIpc) is 2.16. The van der Waals surface area contributed by atoms with Crippen LogP contribution in [0.2, 0.25) is 0 Å². The Morgan fingerprint density at radius 3 is 1.75 bits per heavy atom. The highest BCUT2D eigenvalue weighted by Crippen LogP contribution is 2.11. The van der Waals surface area contributed by atoms with Crippen molar-refractivity contribution in [2.75, 3.05) is 0 Å². The molecule has 1 radical (unpaired) electrons. The topological polar surface area (TPSA) is 0 Å². The van der Waals surface area contributed by atoms with Crippen LogP contribution in [0.3, 0.4) is 0 Å². The first-order valence-corrected chi connectivity index (χ1v) is 4.84. The maximum Gasteiger partial charge on any atom is -0.0114 e. The normalized spacial score (nSPS) is 10.2. The molecule has 0 bridgehead atoms. The largest absolute Gasteiger partial charge is 0.0613 e. The Morgan fingerprint density at radius 1 is 0.917 bits per heavy atom. The molecule has 0 saturated heterocycles. The summed E-state index contributed by atoms with van der Waals surface area (Å²) in [5.41, 5.74) is 4.15. The van der Waals surface area contributed by atoms with E-state index in [1.807, 2.05) is 0 Å². The van der Waals surface area contributed by atoms with Crippen molar-refractivity contribution in [3.8, 4) is 0 Å². The lowest BCUT2D eigenvalue weighted by Crippen LogP contribution is -1.90. The Morgan fingerprint density at radius 2 is 1.42 bits per heavy atom. The van der Waals surface area contributed by atoms with E-state index in [4.69, 9.17) is 0 Å². The van der Waals surface area contributed by atoms with E-state index in [0.29, 0.717) is 0 Å². The van der Waals surface area contributed by atoms with Gasteiger partial charge in [-0.05, 0) is 42.0 Å². The molecular weight excluding hydrogens is 144 g/mol. The molecule has 0 fully saturated rings. The molecule has 1 aromatic rings. The molecule has 1 rings (SSSR count). The van der Waals surface area contributed by atoms with E-state index in [9.17, 15) is 0 Å². The molecule has 0 spiro atoms. The summed E-state index contributed by atoms with van der Waals surface area (Å²) in [5.74, 6) is 0.